The molecule has 0 saturated carbocycles. The molecule has 3 aromatic rings. The Labute approximate surface area is 217 Å². The fourth-order valence-corrected chi connectivity index (χ4v) is 4.55. The van der Waals surface area contributed by atoms with Gasteiger partial charge in [-0.2, -0.15) is 4.98 Å². The minimum atomic E-state index is -0.682. The van der Waals surface area contributed by atoms with Gasteiger partial charge in [-0.3, -0.25) is 4.98 Å². The van der Waals surface area contributed by atoms with E-state index in [9.17, 15) is 9.59 Å². The Balaban J connectivity index is 1.76. The van der Waals surface area contributed by atoms with E-state index in [0.717, 1.165) is 5.56 Å². The van der Waals surface area contributed by atoms with E-state index in [1.165, 1.54) is 7.11 Å². The number of fused-ring (bicyclic) bond motifs is 1. The maximum absolute atomic E-state index is 13.0. The number of esters is 1. The lowest BCUT2D eigenvalue weighted by Crippen LogP contribution is -2.29. The van der Waals surface area contributed by atoms with Gasteiger partial charge in [0.1, 0.15) is 18.2 Å². The second kappa shape index (κ2) is 10.5. The monoisotopic (exact) mass is 530 g/mol. The first-order chi connectivity index (χ1) is 17.2. The predicted molar refractivity (Wildman–Crippen MR) is 138 cm³/mol. The van der Waals surface area contributed by atoms with Gasteiger partial charge in [0.15, 0.2) is 11.5 Å². The van der Waals surface area contributed by atoms with Crippen molar-refractivity contribution in [3.8, 4) is 11.5 Å². The quantitative estimate of drug-likeness (QED) is 0.376. The number of halogens is 2. The minimum Gasteiger partial charge on any atom is -0.493 e. The number of nitrogen functional groups attached to an aromatic ring is 1. The first-order valence-electron chi connectivity index (χ1n) is 11.0. The third-order valence-corrected chi connectivity index (χ3v) is 6.29. The van der Waals surface area contributed by atoms with E-state index in [4.69, 9.17) is 43.1 Å². The number of aromatic nitrogens is 2. The van der Waals surface area contributed by atoms with E-state index in [0.29, 0.717) is 43.9 Å². The van der Waals surface area contributed by atoms with E-state index >= 15 is 0 Å². The smallest absolute Gasteiger partial charge is 0.348 e. The zero-order valence-corrected chi connectivity index (χ0v) is 21.3. The second-order valence-corrected chi connectivity index (χ2v) is 8.81. The van der Waals surface area contributed by atoms with Gasteiger partial charge in [0.2, 0.25) is 0 Å². The summed E-state index contributed by atoms with van der Waals surface area (Å²) in [5.74, 6) is 0.0533. The fourth-order valence-electron chi connectivity index (χ4n) is 4.08. The molecule has 1 aromatic heterocycles. The van der Waals surface area contributed by atoms with Gasteiger partial charge in [0.25, 0.3) is 0 Å². The van der Waals surface area contributed by atoms with Crippen molar-refractivity contribution < 1.29 is 19.0 Å². The number of hydrogen-bond donors (Lipinski definition) is 3. The molecule has 4 rings (SSSR count). The molecule has 1 unspecified atom stereocenters. The van der Waals surface area contributed by atoms with Gasteiger partial charge < -0.3 is 25.3 Å². The minimum absolute atomic E-state index is 0.0912. The molecule has 2 heterocycles. The number of ether oxygens (including phenoxy) is 3. The highest BCUT2D eigenvalue weighted by Crippen LogP contribution is 2.45. The average molecular weight is 531 g/mol. The second-order valence-electron chi connectivity index (χ2n) is 7.97. The molecule has 0 amide bonds. The lowest BCUT2D eigenvalue weighted by Gasteiger charge is -2.30. The van der Waals surface area contributed by atoms with Crippen LogP contribution in [0.1, 0.15) is 36.5 Å². The third kappa shape index (κ3) is 4.98. The van der Waals surface area contributed by atoms with Crippen molar-refractivity contribution >= 4 is 40.8 Å². The van der Waals surface area contributed by atoms with Gasteiger partial charge in [-0.15, -0.1) is 0 Å². The molecule has 36 heavy (non-hydrogen) atoms. The molecule has 0 aliphatic carbocycles. The average Bonchev–Trinajstić information content (AvgIpc) is 2.82. The molecule has 0 saturated heterocycles. The summed E-state index contributed by atoms with van der Waals surface area (Å²) in [4.78, 5) is 31.5. The molecule has 1 atom stereocenters. The van der Waals surface area contributed by atoms with Gasteiger partial charge in [-0.05, 0) is 43.7 Å². The van der Waals surface area contributed by atoms with Crippen LogP contribution in [0.4, 0.5) is 11.6 Å². The molecule has 0 spiro atoms. The number of carbonyl (C=O) groups excluding carboxylic acids is 1. The van der Waals surface area contributed by atoms with Crippen LogP contribution < -0.4 is 26.2 Å². The van der Waals surface area contributed by atoms with Crippen LogP contribution >= 0.6 is 23.2 Å². The van der Waals surface area contributed by atoms with E-state index in [1.54, 1.807) is 50.2 Å². The van der Waals surface area contributed by atoms with Crippen molar-refractivity contribution in [1.82, 2.24) is 9.97 Å². The number of benzene rings is 2. The Hall–Kier alpha value is -3.69. The van der Waals surface area contributed by atoms with Crippen molar-refractivity contribution in [3.63, 3.8) is 0 Å². The van der Waals surface area contributed by atoms with Crippen molar-refractivity contribution in [2.75, 3.05) is 24.8 Å². The van der Waals surface area contributed by atoms with Crippen LogP contribution in [0, 0.1) is 0 Å². The standard InChI is InChI=1S/C25H24Cl2N4O5/c1-4-35-24(32)19-12(2)29-23-21(22(28)30-25(33)31-23)20(19)13-6-8-17(18(9-13)34-3)36-11-14-5-7-15(26)10-16(14)27/h5-10,20H,4,11H2,1-3H3,(H4,28,29,30,31,33). The van der Waals surface area contributed by atoms with E-state index in [1.807, 2.05) is 0 Å². The normalized spacial score (nSPS) is 14.6. The van der Waals surface area contributed by atoms with Crippen molar-refractivity contribution in [2.24, 2.45) is 0 Å². The number of rotatable bonds is 7. The van der Waals surface area contributed by atoms with Crippen LogP contribution in [0.3, 0.4) is 0 Å². The molecule has 4 N–H and O–H groups in total. The van der Waals surface area contributed by atoms with Gasteiger partial charge in [0, 0.05) is 26.9 Å². The van der Waals surface area contributed by atoms with Crippen LogP contribution in [0.25, 0.3) is 0 Å². The number of methoxy groups -OCH3 is 1. The highest BCUT2D eigenvalue weighted by Gasteiger charge is 2.36. The largest absolute Gasteiger partial charge is 0.493 e. The summed E-state index contributed by atoms with van der Waals surface area (Å²) < 4.78 is 16.9. The van der Waals surface area contributed by atoms with Gasteiger partial charge >= 0.3 is 11.7 Å². The number of nitrogens with zero attached hydrogens (tertiary/aromatic N) is 1. The van der Waals surface area contributed by atoms with Gasteiger partial charge in [-0.25, -0.2) is 9.59 Å². The number of aromatic amines is 1. The van der Waals surface area contributed by atoms with Crippen molar-refractivity contribution in [2.45, 2.75) is 26.4 Å². The summed E-state index contributed by atoms with van der Waals surface area (Å²) in [5, 5.41) is 4.03. The number of nitrogens with two attached hydrogens (primary N) is 1. The van der Waals surface area contributed by atoms with Crippen molar-refractivity contribution in [1.29, 1.82) is 0 Å². The third-order valence-electron chi connectivity index (χ3n) is 5.70. The van der Waals surface area contributed by atoms with Crippen LogP contribution in [-0.2, 0) is 16.1 Å². The van der Waals surface area contributed by atoms with Crippen LogP contribution in [0.5, 0.6) is 11.5 Å². The molecule has 9 nitrogen and oxygen atoms in total. The number of allylic oxidation sites excluding steroid dienone is 1. The summed E-state index contributed by atoms with van der Waals surface area (Å²) in [5.41, 5.74) is 8.31. The first-order valence-corrected chi connectivity index (χ1v) is 11.8. The topological polar surface area (TPSA) is 129 Å². The first kappa shape index (κ1) is 25.4. The van der Waals surface area contributed by atoms with E-state index in [2.05, 4.69) is 15.3 Å². The van der Waals surface area contributed by atoms with E-state index < -0.39 is 17.6 Å². The Bertz CT molecular complexity index is 1420. The Morgan fingerprint density at radius 3 is 2.64 bits per heavy atom. The van der Waals surface area contributed by atoms with Gasteiger partial charge in [0.05, 0.1) is 25.2 Å². The summed E-state index contributed by atoms with van der Waals surface area (Å²) in [6.45, 7) is 3.82. The van der Waals surface area contributed by atoms with Crippen molar-refractivity contribution in [3.05, 3.63) is 84.9 Å². The summed E-state index contributed by atoms with van der Waals surface area (Å²) in [6, 6.07) is 10.4. The highest BCUT2D eigenvalue weighted by atomic mass is 35.5. The Morgan fingerprint density at radius 2 is 1.94 bits per heavy atom. The molecule has 0 radical (unpaired) electrons. The van der Waals surface area contributed by atoms with E-state index in [-0.39, 0.29) is 24.8 Å². The Kier molecular flexibility index (Phi) is 7.42. The predicted octanol–water partition coefficient (Wildman–Crippen LogP) is 4.64. The molecule has 1 aliphatic rings. The maximum Gasteiger partial charge on any atom is 0.348 e. The van der Waals surface area contributed by atoms with Crippen LogP contribution in [-0.4, -0.2) is 29.7 Å². The number of anilines is 2. The number of carbonyl (C=O) groups is 1. The SMILES string of the molecule is CCOC(=O)C1=C(C)Nc2nc(=O)[nH]c(N)c2C1c1ccc(OCc2ccc(Cl)cc2Cl)c(OC)c1. The van der Waals surface area contributed by atoms with Crippen LogP contribution in [0.15, 0.2) is 52.5 Å². The molecule has 2 aromatic carbocycles. The number of nitrogens with one attached hydrogen (secondary N) is 2. The number of H-pyrrole nitrogens is 1. The summed E-state index contributed by atoms with van der Waals surface area (Å²) in [7, 11) is 1.51. The Morgan fingerprint density at radius 1 is 1.17 bits per heavy atom. The maximum atomic E-state index is 13.0. The summed E-state index contributed by atoms with van der Waals surface area (Å²) >= 11 is 12.2. The molecule has 1 aliphatic heterocycles. The lowest BCUT2D eigenvalue weighted by molar-refractivity contribution is -0.138. The zero-order valence-electron chi connectivity index (χ0n) is 19.8. The van der Waals surface area contributed by atoms with Crippen LogP contribution in [0.2, 0.25) is 10.0 Å². The molecule has 0 fully saturated rings. The molecular weight excluding hydrogens is 507 g/mol. The highest BCUT2D eigenvalue weighted by molar-refractivity contribution is 6.35. The zero-order chi connectivity index (χ0) is 26.0. The van der Waals surface area contributed by atoms with Gasteiger partial charge in [-0.1, -0.05) is 35.3 Å². The summed E-state index contributed by atoms with van der Waals surface area (Å²) in [6.07, 6.45) is 0. The molecular formula is C25H24Cl2N4O5. The molecule has 0 bridgehead atoms. The lowest BCUT2D eigenvalue weighted by atomic mass is 9.81. The molecule has 188 valence electrons. The fraction of sp³-hybridized carbons (Fsp3) is 0.240. The number of hydrogen-bond acceptors (Lipinski definition) is 8. The molecule has 11 heteroatoms.